The number of amidine groups is 1. The number of hydrogen-bond acceptors (Lipinski definition) is 1. The monoisotopic (exact) mass is 182 g/mol. The maximum absolute atomic E-state index is 4.10. The zero-order chi connectivity index (χ0) is 5.11. The maximum atomic E-state index is 4.10. The number of rotatable bonds is 0. The van der Waals surface area contributed by atoms with Gasteiger partial charge < -0.3 is 10.3 Å². The van der Waals surface area contributed by atoms with Crippen molar-refractivity contribution in [3.8, 4) is 0 Å². The molecule has 0 bridgehead atoms. The van der Waals surface area contributed by atoms with Gasteiger partial charge in [0.1, 0.15) is 0 Å². The average Bonchev–Trinajstić information content (AvgIpc) is 2.14. The van der Waals surface area contributed by atoms with Crippen molar-refractivity contribution in [3.63, 3.8) is 0 Å². The zero-order valence-corrected chi connectivity index (χ0v) is 10.4. The Morgan fingerprint density at radius 2 is 2.38 bits per heavy atom. The van der Waals surface area contributed by atoms with Crippen LogP contribution in [0.5, 0.6) is 0 Å². The molecule has 0 aromatic carbocycles. The quantitative estimate of drug-likeness (QED) is 0.422. The van der Waals surface area contributed by atoms with E-state index in [0.717, 1.165) is 18.8 Å². The van der Waals surface area contributed by atoms with E-state index in [-0.39, 0.29) is 58.2 Å². The molecule has 8 heavy (non-hydrogen) atoms. The Labute approximate surface area is 98.9 Å². The topological polar surface area (TPSA) is 26.5 Å². The summed E-state index contributed by atoms with van der Waals surface area (Å²) in [6, 6.07) is 0. The van der Waals surface area contributed by atoms with E-state index in [1.165, 1.54) is 6.42 Å². The first-order valence-corrected chi connectivity index (χ1v) is 2.56. The van der Waals surface area contributed by atoms with E-state index in [1.54, 1.807) is 7.05 Å². The molecule has 0 atom stereocenters. The van der Waals surface area contributed by atoms with Crippen LogP contribution in [0.25, 0.3) is 5.32 Å². The second-order valence-electron chi connectivity index (χ2n) is 1.63. The molecule has 2 nitrogen and oxygen atoms in total. The summed E-state index contributed by atoms with van der Waals surface area (Å²) in [6.07, 6.45) is 2.29. The Kier molecular flexibility index (Phi) is 5.90. The zero-order valence-electron chi connectivity index (χ0n) is 5.52. The molecule has 1 saturated heterocycles. The van der Waals surface area contributed by atoms with Crippen molar-refractivity contribution < 1.29 is 58.2 Å². The van der Waals surface area contributed by atoms with Crippen LogP contribution in [0, 0.1) is 0 Å². The third-order valence-corrected chi connectivity index (χ3v) is 1.11. The van der Waals surface area contributed by atoms with Crippen LogP contribution >= 0.6 is 0 Å². The van der Waals surface area contributed by atoms with Gasteiger partial charge in [-0.15, -0.1) is 0 Å². The normalized spacial score (nSPS) is 22.4. The standard InChI is InChI=1S/C5H9N2.Rb/c1-6-5-3-2-4-7-5;/h2-4H2,1H3;/q-1;+1. The van der Waals surface area contributed by atoms with Crippen molar-refractivity contribution in [2.75, 3.05) is 13.6 Å². The minimum atomic E-state index is 0. The predicted octanol–water partition coefficient (Wildman–Crippen LogP) is -1.81. The molecule has 1 heterocycles. The van der Waals surface area contributed by atoms with E-state index in [1.807, 2.05) is 0 Å². The fourth-order valence-corrected chi connectivity index (χ4v) is 0.707. The molecule has 40 valence electrons. The van der Waals surface area contributed by atoms with Crippen molar-refractivity contribution in [2.45, 2.75) is 12.8 Å². The molecule has 1 aliphatic rings. The average molecular weight is 183 g/mol. The van der Waals surface area contributed by atoms with Crippen molar-refractivity contribution in [1.29, 1.82) is 0 Å². The first kappa shape index (κ1) is 9.28. The van der Waals surface area contributed by atoms with Crippen LogP contribution in [-0.2, 0) is 0 Å². The van der Waals surface area contributed by atoms with E-state index in [0.29, 0.717) is 0 Å². The van der Waals surface area contributed by atoms with Gasteiger partial charge in [0.25, 0.3) is 0 Å². The molecule has 3 heteroatoms. The molecule has 0 amide bonds. The molecule has 1 aliphatic heterocycles. The van der Waals surface area contributed by atoms with E-state index < -0.39 is 0 Å². The minimum Gasteiger partial charge on any atom is -0.473 e. The molecule has 0 unspecified atom stereocenters. The molecule has 0 radical (unpaired) electrons. The molecule has 0 spiro atoms. The Morgan fingerprint density at radius 3 is 2.62 bits per heavy atom. The van der Waals surface area contributed by atoms with E-state index in [2.05, 4.69) is 10.3 Å². The van der Waals surface area contributed by atoms with Crippen molar-refractivity contribution in [2.24, 2.45) is 4.99 Å². The molecule has 0 aromatic rings. The van der Waals surface area contributed by atoms with Gasteiger partial charge in [0, 0.05) is 0 Å². The Hall–Kier alpha value is 1.28. The third-order valence-electron chi connectivity index (χ3n) is 1.11. The summed E-state index contributed by atoms with van der Waals surface area (Å²) in [5, 5.41) is 4.10. The Balaban J connectivity index is 0.000000490. The second kappa shape index (κ2) is 5.09. The second-order valence-corrected chi connectivity index (χ2v) is 1.63. The van der Waals surface area contributed by atoms with Crippen LogP contribution in [-0.4, -0.2) is 19.4 Å². The molecular weight excluding hydrogens is 174 g/mol. The summed E-state index contributed by atoms with van der Waals surface area (Å²) < 4.78 is 0. The van der Waals surface area contributed by atoms with Gasteiger partial charge in [0.05, 0.1) is 0 Å². The third kappa shape index (κ3) is 2.71. The molecule has 0 aliphatic carbocycles. The maximum Gasteiger partial charge on any atom is 1.00 e. The minimum absolute atomic E-state index is 0. The summed E-state index contributed by atoms with van der Waals surface area (Å²) >= 11 is 0. The fraction of sp³-hybridized carbons (Fsp3) is 0.800. The van der Waals surface area contributed by atoms with Gasteiger partial charge in [-0.2, -0.15) is 0 Å². The first-order chi connectivity index (χ1) is 3.43. The van der Waals surface area contributed by atoms with Gasteiger partial charge in [-0.05, 0) is 6.42 Å². The molecule has 0 N–H and O–H groups in total. The summed E-state index contributed by atoms with van der Waals surface area (Å²) in [7, 11) is 1.80. The fourth-order valence-electron chi connectivity index (χ4n) is 0.707. The Bertz CT molecular complexity index is 82.4. The van der Waals surface area contributed by atoms with E-state index in [4.69, 9.17) is 0 Å². The van der Waals surface area contributed by atoms with Gasteiger partial charge in [0.15, 0.2) is 0 Å². The van der Waals surface area contributed by atoms with Crippen molar-refractivity contribution in [3.05, 3.63) is 5.32 Å². The van der Waals surface area contributed by atoms with E-state index >= 15 is 0 Å². The first-order valence-electron chi connectivity index (χ1n) is 2.56. The SMILES string of the molecule is CN=C1CCC[N-]1.[Rb+]. The number of aliphatic imine (C=N–C) groups is 1. The van der Waals surface area contributed by atoms with Gasteiger partial charge in [-0.25, -0.2) is 0 Å². The smallest absolute Gasteiger partial charge is 0.473 e. The summed E-state index contributed by atoms with van der Waals surface area (Å²) in [4.78, 5) is 3.94. The van der Waals surface area contributed by atoms with Crippen LogP contribution < -0.4 is 58.2 Å². The van der Waals surface area contributed by atoms with Gasteiger partial charge in [-0.1, -0.05) is 25.8 Å². The van der Waals surface area contributed by atoms with Gasteiger partial charge in [-0.3, -0.25) is 0 Å². The van der Waals surface area contributed by atoms with Gasteiger partial charge >= 0.3 is 58.2 Å². The summed E-state index contributed by atoms with van der Waals surface area (Å²) in [5.41, 5.74) is 0. The Morgan fingerprint density at radius 1 is 1.62 bits per heavy atom. The van der Waals surface area contributed by atoms with E-state index in [9.17, 15) is 0 Å². The summed E-state index contributed by atoms with van der Waals surface area (Å²) in [6.45, 7) is 0.993. The van der Waals surface area contributed by atoms with Crippen LogP contribution in [0.3, 0.4) is 0 Å². The van der Waals surface area contributed by atoms with Crippen LogP contribution in [0.2, 0.25) is 0 Å². The predicted molar refractivity (Wildman–Crippen MR) is 30.8 cm³/mol. The van der Waals surface area contributed by atoms with Crippen LogP contribution in [0.1, 0.15) is 12.8 Å². The molecular formula is C5H9N2Rb. The van der Waals surface area contributed by atoms with Gasteiger partial charge in [0.2, 0.25) is 0 Å². The van der Waals surface area contributed by atoms with Crippen molar-refractivity contribution in [1.82, 2.24) is 0 Å². The van der Waals surface area contributed by atoms with Crippen LogP contribution in [0.4, 0.5) is 0 Å². The molecule has 1 rings (SSSR count). The number of hydrogen-bond donors (Lipinski definition) is 0. The summed E-state index contributed by atoms with van der Waals surface area (Å²) in [5.74, 6) is 1.04. The van der Waals surface area contributed by atoms with Crippen LogP contribution in [0.15, 0.2) is 4.99 Å². The molecule has 1 fully saturated rings. The largest absolute Gasteiger partial charge is 1.00 e. The van der Waals surface area contributed by atoms with Crippen molar-refractivity contribution >= 4 is 5.84 Å². The number of nitrogens with zero attached hydrogens (tertiary/aromatic N) is 2. The molecule has 0 saturated carbocycles. The molecule has 0 aromatic heterocycles.